The zero-order chi connectivity index (χ0) is 17.8. The lowest BCUT2D eigenvalue weighted by atomic mass is 10.1. The summed E-state index contributed by atoms with van der Waals surface area (Å²) in [6, 6.07) is 7.36. The lowest BCUT2D eigenvalue weighted by molar-refractivity contribution is 0.0528. The first-order valence-electron chi connectivity index (χ1n) is 7.72. The fourth-order valence-electron chi connectivity index (χ4n) is 2.44. The van der Waals surface area contributed by atoms with Crippen molar-refractivity contribution in [2.45, 2.75) is 21.0 Å². The third kappa shape index (κ3) is 3.88. The molecule has 0 aliphatic carbocycles. The maximum Gasteiger partial charge on any atom is 0.341 e. The van der Waals surface area contributed by atoms with Crippen molar-refractivity contribution < 1.29 is 19.0 Å². The average molecular weight is 374 g/mol. The van der Waals surface area contributed by atoms with Gasteiger partial charge in [0.05, 0.1) is 24.0 Å². The summed E-state index contributed by atoms with van der Waals surface area (Å²) in [4.78, 5) is 16.2. The first-order valence-corrected chi connectivity index (χ1v) is 8.60. The highest BCUT2D eigenvalue weighted by atomic mass is 32.1. The van der Waals surface area contributed by atoms with Crippen LogP contribution in [0.1, 0.15) is 30.3 Å². The number of anilines is 1. The molecule has 138 valence electrons. The van der Waals surface area contributed by atoms with E-state index >= 15 is 0 Å². The summed E-state index contributed by atoms with van der Waals surface area (Å²) in [5, 5.41) is 2.66. The Balaban J connectivity index is 0.00000243. The fourth-order valence-corrected chi connectivity index (χ4v) is 3.50. The second-order valence-corrected chi connectivity index (χ2v) is 6.09. The standard InChI is InChI=1S/C18H18N2O4S.CH4/c1-3-23-18(21)14-8-20-17(19)15-11(10-25-16(14)15)9-24-13-6-4-5-12(7-13)22-2;/h4-8,10H,3,9H2,1-2H3,(H2,19,20);1H4. The molecule has 0 fully saturated rings. The second kappa shape index (κ2) is 8.53. The number of thiophene rings is 1. The molecule has 3 rings (SSSR count). The molecule has 0 radical (unpaired) electrons. The molecule has 0 saturated carbocycles. The first-order chi connectivity index (χ1) is 12.1. The molecular formula is C19H22N2O4S. The lowest BCUT2D eigenvalue weighted by Gasteiger charge is -2.08. The van der Waals surface area contributed by atoms with Crippen molar-refractivity contribution in [1.82, 2.24) is 4.98 Å². The number of rotatable bonds is 6. The molecule has 0 saturated heterocycles. The van der Waals surface area contributed by atoms with E-state index in [9.17, 15) is 4.79 Å². The van der Waals surface area contributed by atoms with Gasteiger partial charge in [-0.2, -0.15) is 0 Å². The number of nitrogens with zero attached hydrogens (tertiary/aromatic N) is 1. The molecular weight excluding hydrogens is 352 g/mol. The van der Waals surface area contributed by atoms with E-state index in [-0.39, 0.29) is 7.43 Å². The monoisotopic (exact) mass is 374 g/mol. The molecule has 0 unspecified atom stereocenters. The van der Waals surface area contributed by atoms with Gasteiger partial charge < -0.3 is 19.9 Å². The van der Waals surface area contributed by atoms with Crippen molar-refractivity contribution in [3.63, 3.8) is 0 Å². The van der Waals surface area contributed by atoms with Crippen molar-refractivity contribution in [2.75, 3.05) is 19.5 Å². The minimum atomic E-state index is -0.401. The quantitative estimate of drug-likeness (QED) is 0.648. The number of aromatic nitrogens is 1. The molecule has 0 amide bonds. The largest absolute Gasteiger partial charge is 0.497 e. The van der Waals surface area contributed by atoms with E-state index in [1.54, 1.807) is 20.1 Å². The summed E-state index contributed by atoms with van der Waals surface area (Å²) < 4.78 is 16.9. The Morgan fingerprint density at radius 1 is 1.31 bits per heavy atom. The van der Waals surface area contributed by atoms with Gasteiger partial charge in [-0.1, -0.05) is 13.5 Å². The summed E-state index contributed by atoms with van der Waals surface area (Å²) in [6.07, 6.45) is 1.46. The van der Waals surface area contributed by atoms with Gasteiger partial charge in [0, 0.05) is 23.2 Å². The van der Waals surface area contributed by atoms with Crippen LogP contribution in [0.3, 0.4) is 0 Å². The topological polar surface area (TPSA) is 83.7 Å². The Hall–Kier alpha value is -2.80. The molecule has 1 aromatic carbocycles. The van der Waals surface area contributed by atoms with Crippen molar-refractivity contribution in [1.29, 1.82) is 0 Å². The normalized spacial score (nSPS) is 10.2. The number of ether oxygens (including phenoxy) is 3. The van der Waals surface area contributed by atoms with E-state index in [1.807, 2.05) is 23.6 Å². The molecule has 0 atom stereocenters. The van der Waals surface area contributed by atoms with Crippen LogP contribution in [0, 0.1) is 0 Å². The molecule has 2 heterocycles. The number of hydrogen-bond donors (Lipinski definition) is 1. The third-order valence-corrected chi connectivity index (χ3v) is 4.69. The van der Waals surface area contributed by atoms with Crippen LogP contribution in [0.15, 0.2) is 35.8 Å². The fraction of sp³-hybridized carbons (Fsp3) is 0.263. The van der Waals surface area contributed by atoms with Gasteiger partial charge in [-0.15, -0.1) is 11.3 Å². The smallest absolute Gasteiger partial charge is 0.341 e. The van der Waals surface area contributed by atoms with Crippen molar-refractivity contribution in [3.05, 3.63) is 47.0 Å². The van der Waals surface area contributed by atoms with Gasteiger partial charge in [0.2, 0.25) is 0 Å². The Labute approximate surface area is 156 Å². The van der Waals surface area contributed by atoms with Crippen molar-refractivity contribution >= 4 is 33.2 Å². The highest BCUT2D eigenvalue weighted by Gasteiger charge is 2.18. The van der Waals surface area contributed by atoms with Gasteiger partial charge >= 0.3 is 5.97 Å². The van der Waals surface area contributed by atoms with Crippen LogP contribution in [-0.2, 0) is 11.3 Å². The molecule has 2 aromatic heterocycles. The highest BCUT2D eigenvalue weighted by molar-refractivity contribution is 7.17. The molecule has 6 nitrogen and oxygen atoms in total. The SMILES string of the molecule is C.CCOC(=O)c1cnc(N)c2c(COc3cccc(OC)c3)csc12. The van der Waals surface area contributed by atoms with E-state index in [2.05, 4.69) is 4.98 Å². The zero-order valence-electron chi connectivity index (χ0n) is 13.9. The van der Waals surface area contributed by atoms with Crippen LogP contribution in [0.25, 0.3) is 10.1 Å². The minimum Gasteiger partial charge on any atom is -0.497 e. The Morgan fingerprint density at radius 2 is 2.08 bits per heavy atom. The number of carbonyl (C=O) groups excluding carboxylic acids is 1. The van der Waals surface area contributed by atoms with Crippen LogP contribution in [0.4, 0.5) is 5.82 Å². The lowest BCUT2D eigenvalue weighted by Crippen LogP contribution is -2.06. The summed E-state index contributed by atoms with van der Waals surface area (Å²) >= 11 is 1.43. The molecule has 26 heavy (non-hydrogen) atoms. The predicted molar refractivity (Wildman–Crippen MR) is 104 cm³/mol. The molecule has 0 bridgehead atoms. The number of nitrogen functional groups attached to an aromatic ring is 1. The number of benzene rings is 1. The molecule has 0 spiro atoms. The Kier molecular flexibility index (Phi) is 6.41. The van der Waals surface area contributed by atoms with Crippen molar-refractivity contribution in [2.24, 2.45) is 0 Å². The van der Waals surface area contributed by atoms with Crippen LogP contribution in [-0.4, -0.2) is 24.7 Å². The van der Waals surface area contributed by atoms with E-state index in [0.29, 0.717) is 30.3 Å². The summed E-state index contributed by atoms with van der Waals surface area (Å²) in [6.45, 7) is 2.38. The minimum absolute atomic E-state index is 0. The van der Waals surface area contributed by atoms with Gasteiger partial charge in [-0.05, 0) is 24.4 Å². The van der Waals surface area contributed by atoms with Crippen molar-refractivity contribution in [3.8, 4) is 11.5 Å². The van der Waals surface area contributed by atoms with E-state index in [0.717, 1.165) is 21.4 Å². The number of pyridine rings is 1. The van der Waals surface area contributed by atoms with Gasteiger partial charge in [0.25, 0.3) is 0 Å². The van der Waals surface area contributed by atoms with E-state index in [1.165, 1.54) is 17.5 Å². The number of nitrogens with two attached hydrogens (primary N) is 1. The van der Waals surface area contributed by atoms with Crippen LogP contribution < -0.4 is 15.2 Å². The van der Waals surface area contributed by atoms with Crippen LogP contribution in [0.2, 0.25) is 0 Å². The molecule has 2 N–H and O–H groups in total. The molecule has 3 aromatic rings. The average Bonchev–Trinajstić information content (AvgIpc) is 3.05. The molecule has 0 aliphatic heterocycles. The van der Waals surface area contributed by atoms with Gasteiger partial charge in [-0.25, -0.2) is 9.78 Å². The van der Waals surface area contributed by atoms with Crippen LogP contribution >= 0.6 is 11.3 Å². The summed E-state index contributed by atoms with van der Waals surface area (Å²) in [5.74, 6) is 1.38. The second-order valence-electron chi connectivity index (χ2n) is 5.21. The van der Waals surface area contributed by atoms with Gasteiger partial charge in [0.15, 0.2) is 0 Å². The molecule has 7 heteroatoms. The maximum atomic E-state index is 12.1. The number of hydrogen-bond acceptors (Lipinski definition) is 7. The molecule has 0 aliphatic rings. The third-order valence-electron chi connectivity index (χ3n) is 3.63. The van der Waals surface area contributed by atoms with E-state index in [4.69, 9.17) is 19.9 Å². The summed E-state index contributed by atoms with van der Waals surface area (Å²) in [5.41, 5.74) is 7.32. The summed E-state index contributed by atoms with van der Waals surface area (Å²) in [7, 11) is 1.61. The number of fused-ring (bicyclic) bond motifs is 1. The first kappa shape index (κ1) is 19.5. The number of methoxy groups -OCH3 is 1. The maximum absolute atomic E-state index is 12.1. The number of carbonyl (C=O) groups is 1. The highest BCUT2D eigenvalue weighted by Crippen LogP contribution is 2.33. The van der Waals surface area contributed by atoms with Gasteiger partial charge in [-0.3, -0.25) is 0 Å². The Morgan fingerprint density at radius 3 is 2.81 bits per heavy atom. The van der Waals surface area contributed by atoms with Crippen LogP contribution in [0.5, 0.6) is 11.5 Å². The zero-order valence-corrected chi connectivity index (χ0v) is 14.8. The van der Waals surface area contributed by atoms with E-state index < -0.39 is 5.97 Å². The van der Waals surface area contributed by atoms with Gasteiger partial charge in [0.1, 0.15) is 23.9 Å². The number of esters is 1. The predicted octanol–water partition coefficient (Wildman–Crippen LogP) is 4.28. The Bertz CT molecular complexity index is 908.